The van der Waals surface area contributed by atoms with Crippen LogP contribution in [0.2, 0.25) is 0 Å². The van der Waals surface area contributed by atoms with Crippen LogP contribution in [0.15, 0.2) is 23.2 Å². The lowest BCUT2D eigenvalue weighted by Crippen LogP contribution is -2.51. The number of fused-ring (bicyclic) bond motifs is 3. The van der Waals surface area contributed by atoms with Crippen molar-refractivity contribution in [3.05, 3.63) is 23.8 Å². The maximum absolute atomic E-state index is 5.99. The SMILES string of the molecule is CN=C(NCC1(c2ccc3c(c2)OCO3)CCCCC1)NC1CC2CCC1O2. The molecule has 2 N–H and O–H groups in total. The average molecular weight is 386 g/mol. The van der Waals surface area contributed by atoms with Gasteiger partial charge in [-0.05, 0) is 49.8 Å². The second-order valence-electron chi connectivity index (χ2n) is 8.70. The number of hydrogen-bond donors (Lipinski definition) is 2. The van der Waals surface area contributed by atoms with E-state index < -0.39 is 0 Å². The predicted molar refractivity (Wildman–Crippen MR) is 108 cm³/mol. The van der Waals surface area contributed by atoms with Crippen molar-refractivity contribution in [1.82, 2.24) is 10.6 Å². The summed E-state index contributed by atoms with van der Waals surface area (Å²) in [7, 11) is 1.86. The molecule has 0 aromatic heterocycles. The van der Waals surface area contributed by atoms with Crippen LogP contribution in [0, 0.1) is 0 Å². The van der Waals surface area contributed by atoms with Crippen molar-refractivity contribution in [2.45, 2.75) is 75.0 Å². The van der Waals surface area contributed by atoms with Gasteiger partial charge in [0.2, 0.25) is 6.79 Å². The molecular formula is C22H31N3O3. The molecule has 0 amide bonds. The van der Waals surface area contributed by atoms with Crippen LogP contribution >= 0.6 is 0 Å². The zero-order valence-electron chi connectivity index (χ0n) is 16.7. The average Bonchev–Trinajstić information content (AvgIpc) is 3.48. The fourth-order valence-electron chi connectivity index (χ4n) is 5.44. The number of nitrogens with one attached hydrogen (secondary N) is 2. The van der Waals surface area contributed by atoms with Gasteiger partial charge in [0.05, 0.1) is 18.2 Å². The van der Waals surface area contributed by atoms with E-state index >= 15 is 0 Å². The van der Waals surface area contributed by atoms with Crippen LogP contribution in [0.3, 0.4) is 0 Å². The maximum atomic E-state index is 5.99. The Kier molecular flexibility index (Phi) is 4.83. The third-order valence-corrected chi connectivity index (χ3v) is 7.04. The smallest absolute Gasteiger partial charge is 0.231 e. The number of aliphatic imine (C=N–C) groups is 1. The van der Waals surface area contributed by atoms with Crippen molar-refractivity contribution < 1.29 is 14.2 Å². The molecule has 6 nitrogen and oxygen atoms in total. The standard InChI is InChI=1S/C22H31N3O3/c1-23-21(25-17-12-16-6-8-18(17)28-16)24-13-22(9-3-2-4-10-22)15-5-7-19-20(11-15)27-14-26-19/h5,7,11,16-18H,2-4,6,8-10,12-14H2,1H3,(H2,23,24,25). The fraction of sp³-hybridized carbons (Fsp3) is 0.682. The molecule has 1 aliphatic carbocycles. The van der Waals surface area contributed by atoms with Gasteiger partial charge in [0.1, 0.15) is 0 Å². The zero-order valence-corrected chi connectivity index (χ0v) is 16.7. The Morgan fingerprint density at radius 2 is 2.00 bits per heavy atom. The molecule has 3 atom stereocenters. The molecule has 2 bridgehead atoms. The lowest BCUT2D eigenvalue weighted by Gasteiger charge is -2.39. The second kappa shape index (κ2) is 7.47. The maximum Gasteiger partial charge on any atom is 0.231 e. The van der Waals surface area contributed by atoms with E-state index in [4.69, 9.17) is 14.2 Å². The van der Waals surface area contributed by atoms with Gasteiger partial charge in [-0.3, -0.25) is 4.99 Å². The highest BCUT2D eigenvalue weighted by molar-refractivity contribution is 5.80. The molecule has 4 aliphatic rings. The first-order valence-corrected chi connectivity index (χ1v) is 10.8. The molecule has 3 heterocycles. The Labute approximate surface area is 167 Å². The van der Waals surface area contributed by atoms with E-state index in [1.54, 1.807) is 0 Å². The van der Waals surface area contributed by atoms with Gasteiger partial charge in [0.25, 0.3) is 0 Å². The Morgan fingerprint density at radius 1 is 1.14 bits per heavy atom. The highest BCUT2D eigenvalue weighted by Crippen LogP contribution is 2.43. The largest absolute Gasteiger partial charge is 0.454 e. The first-order chi connectivity index (χ1) is 13.8. The van der Waals surface area contributed by atoms with Crippen molar-refractivity contribution >= 4 is 5.96 Å². The Hall–Kier alpha value is -1.95. The number of hydrogen-bond acceptors (Lipinski definition) is 4. The topological polar surface area (TPSA) is 64.1 Å². The van der Waals surface area contributed by atoms with Crippen LogP contribution in [0.5, 0.6) is 11.5 Å². The highest BCUT2D eigenvalue weighted by atomic mass is 16.7. The van der Waals surface area contributed by atoms with E-state index in [0.29, 0.717) is 25.0 Å². The third-order valence-electron chi connectivity index (χ3n) is 7.04. The summed E-state index contributed by atoms with van der Waals surface area (Å²) in [6.45, 7) is 1.21. The summed E-state index contributed by atoms with van der Waals surface area (Å²) in [5.74, 6) is 2.63. The molecule has 3 fully saturated rings. The van der Waals surface area contributed by atoms with Crippen molar-refractivity contribution in [3.63, 3.8) is 0 Å². The highest BCUT2D eigenvalue weighted by Gasteiger charge is 2.41. The van der Waals surface area contributed by atoms with Crippen LogP contribution in [0.25, 0.3) is 0 Å². The molecule has 6 heteroatoms. The van der Waals surface area contributed by atoms with E-state index in [0.717, 1.165) is 30.4 Å². The minimum atomic E-state index is 0.113. The molecule has 1 saturated carbocycles. The molecule has 1 aromatic rings. The number of ether oxygens (including phenoxy) is 3. The van der Waals surface area contributed by atoms with E-state index in [2.05, 4.69) is 33.8 Å². The van der Waals surface area contributed by atoms with Gasteiger partial charge in [-0.25, -0.2) is 0 Å². The summed E-state index contributed by atoms with van der Waals surface area (Å²) in [6, 6.07) is 6.86. The predicted octanol–water partition coefficient (Wildman–Crippen LogP) is 3.10. The van der Waals surface area contributed by atoms with Crippen molar-refractivity contribution in [3.8, 4) is 11.5 Å². The Balaban J connectivity index is 1.30. The fourth-order valence-corrected chi connectivity index (χ4v) is 5.44. The van der Waals surface area contributed by atoms with Crippen LogP contribution < -0.4 is 20.1 Å². The van der Waals surface area contributed by atoms with E-state index in [1.165, 1.54) is 50.5 Å². The van der Waals surface area contributed by atoms with Gasteiger partial charge in [-0.2, -0.15) is 0 Å². The molecular weight excluding hydrogens is 354 g/mol. The van der Waals surface area contributed by atoms with Crippen molar-refractivity contribution in [1.29, 1.82) is 0 Å². The third kappa shape index (κ3) is 3.32. The number of benzene rings is 1. The molecule has 1 aromatic carbocycles. The van der Waals surface area contributed by atoms with Crippen LogP contribution in [0.4, 0.5) is 0 Å². The summed E-state index contributed by atoms with van der Waals surface area (Å²) in [4.78, 5) is 4.50. The normalized spacial score (nSPS) is 30.5. The summed E-state index contributed by atoms with van der Waals surface area (Å²) in [6.07, 6.45) is 10.5. The van der Waals surface area contributed by atoms with Crippen molar-refractivity contribution in [2.75, 3.05) is 20.4 Å². The number of rotatable bonds is 4. The monoisotopic (exact) mass is 385 g/mol. The van der Waals surface area contributed by atoms with E-state index in [9.17, 15) is 0 Å². The zero-order chi connectivity index (χ0) is 19.0. The van der Waals surface area contributed by atoms with E-state index in [1.807, 2.05) is 7.05 Å². The number of nitrogens with zero attached hydrogens (tertiary/aromatic N) is 1. The van der Waals surface area contributed by atoms with E-state index in [-0.39, 0.29) is 5.41 Å². The lowest BCUT2D eigenvalue weighted by atomic mass is 9.69. The molecule has 5 rings (SSSR count). The first-order valence-electron chi connectivity index (χ1n) is 10.8. The second-order valence-corrected chi connectivity index (χ2v) is 8.70. The summed E-state index contributed by atoms with van der Waals surface area (Å²) >= 11 is 0. The van der Waals surface area contributed by atoms with Crippen LogP contribution in [-0.2, 0) is 10.2 Å². The summed E-state index contributed by atoms with van der Waals surface area (Å²) < 4.78 is 17.1. The van der Waals surface area contributed by atoms with Gasteiger partial charge in [0.15, 0.2) is 17.5 Å². The number of guanidine groups is 1. The van der Waals surface area contributed by atoms with Gasteiger partial charge < -0.3 is 24.8 Å². The summed E-state index contributed by atoms with van der Waals surface area (Å²) in [5, 5.41) is 7.26. The minimum absolute atomic E-state index is 0.113. The van der Waals surface area contributed by atoms with Crippen LogP contribution in [-0.4, -0.2) is 44.6 Å². The van der Waals surface area contributed by atoms with Gasteiger partial charge in [-0.1, -0.05) is 25.3 Å². The first kappa shape index (κ1) is 18.1. The molecule has 3 aliphatic heterocycles. The Morgan fingerprint density at radius 3 is 2.75 bits per heavy atom. The van der Waals surface area contributed by atoms with Gasteiger partial charge in [0, 0.05) is 19.0 Å². The minimum Gasteiger partial charge on any atom is -0.454 e. The summed E-state index contributed by atoms with van der Waals surface area (Å²) in [5.41, 5.74) is 1.46. The lowest BCUT2D eigenvalue weighted by molar-refractivity contribution is 0.0992. The molecule has 0 radical (unpaired) electrons. The molecule has 3 unspecified atom stereocenters. The molecule has 0 spiro atoms. The van der Waals surface area contributed by atoms with Crippen LogP contribution in [0.1, 0.15) is 56.9 Å². The van der Waals surface area contributed by atoms with Crippen molar-refractivity contribution in [2.24, 2.45) is 4.99 Å². The molecule has 28 heavy (non-hydrogen) atoms. The molecule has 152 valence electrons. The molecule has 2 saturated heterocycles. The van der Waals surface area contributed by atoms with Gasteiger partial charge >= 0.3 is 0 Å². The Bertz CT molecular complexity index is 745. The van der Waals surface area contributed by atoms with Gasteiger partial charge in [-0.15, -0.1) is 0 Å². The quantitative estimate of drug-likeness (QED) is 0.616.